The number of fused-ring (bicyclic) bond motifs is 10. The van der Waals surface area contributed by atoms with Gasteiger partial charge in [-0.15, -0.1) is 11.8 Å². The molecule has 2 saturated carbocycles. The van der Waals surface area contributed by atoms with E-state index < -0.39 is 11.9 Å². The van der Waals surface area contributed by atoms with Crippen LogP contribution in [0.1, 0.15) is 55.4 Å². The summed E-state index contributed by atoms with van der Waals surface area (Å²) in [5, 5.41) is 14.8. The summed E-state index contributed by atoms with van der Waals surface area (Å²) in [7, 11) is 0. The molecule has 6 unspecified atom stereocenters. The van der Waals surface area contributed by atoms with Crippen molar-refractivity contribution in [1.82, 2.24) is 9.88 Å². The predicted octanol–water partition coefficient (Wildman–Crippen LogP) is 6.12. The molecule has 7 atom stereocenters. The number of nitrogens with zero attached hydrogens (tertiary/aromatic N) is 1. The number of thioether (sulfide) groups is 1. The van der Waals surface area contributed by atoms with Crippen LogP contribution in [-0.4, -0.2) is 63.7 Å². The third-order valence-corrected chi connectivity index (χ3v) is 13.7. The van der Waals surface area contributed by atoms with E-state index >= 15 is 0 Å². The van der Waals surface area contributed by atoms with Gasteiger partial charge >= 0.3 is 10.8 Å². The molecule has 2 bridgehead atoms. The molecule has 52 heavy (non-hydrogen) atoms. The minimum Gasteiger partial charge on any atom is -0.490 e. The molecule has 3 N–H and O–H groups in total. The minimum atomic E-state index is -0.847. The second-order valence-corrected chi connectivity index (χ2v) is 16.2. The summed E-state index contributed by atoms with van der Waals surface area (Å²) in [4.78, 5) is 69.5. The van der Waals surface area contributed by atoms with E-state index in [9.17, 15) is 24.0 Å². The zero-order valence-corrected chi connectivity index (χ0v) is 30.2. The number of thiazole rings is 1. The van der Waals surface area contributed by atoms with Crippen LogP contribution in [0.2, 0.25) is 0 Å². The van der Waals surface area contributed by atoms with E-state index in [0.717, 1.165) is 32.7 Å². The lowest BCUT2D eigenvalue weighted by Crippen LogP contribution is -2.42. The normalized spacial score (nSPS) is 25.6. The van der Waals surface area contributed by atoms with Crippen molar-refractivity contribution in [3.63, 3.8) is 0 Å². The van der Waals surface area contributed by atoms with Crippen LogP contribution in [0.5, 0.6) is 11.5 Å². The first-order valence-electron chi connectivity index (χ1n) is 17.9. The van der Waals surface area contributed by atoms with Crippen molar-refractivity contribution < 1.29 is 33.8 Å². The Hall–Kier alpha value is -4.62. The monoisotopic (exact) mass is 741 g/mol. The maximum atomic E-state index is 13.9. The molecule has 2 aliphatic carbocycles. The van der Waals surface area contributed by atoms with Crippen LogP contribution in [0, 0.1) is 29.6 Å². The first-order chi connectivity index (χ1) is 25.2. The fourth-order valence-corrected chi connectivity index (χ4v) is 12.0. The van der Waals surface area contributed by atoms with E-state index in [1.165, 1.54) is 16.2 Å². The van der Waals surface area contributed by atoms with E-state index in [2.05, 4.69) is 10.3 Å². The smallest absolute Gasteiger partial charge is 0.305 e. The van der Waals surface area contributed by atoms with Crippen LogP contribution in [0.4, 0.5) is 5.69 Å². The van der Waals surface area contributed by atoms with Gasteiger partial charge in [0.25, 0.3) is 5.91 Å². The number of hydrogen-bond acceptors (Lipinski definition) is 9. The molecule has 4 aliphatic rings. The number of carboxylic acid groups (broad SMARTS) is 1. The number of carbonyl (C=O) groups is 4. The maximum absolute atomic E-state index is 13.9. The summed E-state index contributed by atoms with van der Waals surface area (Å²) < 4.78 is 12.1. The lowest BCUT2D eigenvalue weighted by molar-refractivity contribution is -0.141. The Balaban J connectivity index is 1.02. The van der Waals surface area contributed by atoms with Crippen molar-refractivity contribution in [3.05, 3.63) is 80.8 Å². The number of rotatable bonds is 13. The Morgan fingerprint density at radius 1 is 0.923 bits per heavy atom. The van der Waals surface area contributed by atoms with Gasteiger partial charge < -0.3 is 24.9 Å². The standard InChI is InChI=1S/C39H39N3O8S2/c1-2-49-27-17-22(12-14-26(27)50-19-28(43)40-23-13-11-20-8-5-6-9-21(20)16-23)30-31-24-18-25(34(31)51-36-35(30)52-39(48)41-36)33-32(24)37(46)42(38(33)47)15-7-3-4-10-29(44)45/h5-6,8-9,11-14,16-17,24-25,30-34H,2-4,7,10,15,18-19H2,1H3,(H,40,43)(H,41,48)(H,44,45)/t24?,25?,30-,31?,32?,33?,34?/m1/s1. The maximum Gasteiger partial charge on any atom is 0.305 e. The Morgan fingerprint density at radius 3 is 2.50 bits per heavy atom. The highest BCUT2D eigenvalue weighted by atomic mass is 32.2. The molecule has 270 valence electrons. The molecular formula is C39H39N3O8S2. The second-order valence-electron chi connectivity index (χ2n) is 14.0. The van der Waals surface area contributed by atoms with Crippen LogP contribution in [0.3, 0.4) is 0 Å². The summed E-state index contributed by atoms with van der Waals surface area (Å²) in [6, 6.07) is 19.4. The summed E-state index contributed by atoms with van der Waals surface area (Å²) in [6.07, 6.45) is 2.59. The SMILES string of the molecule is CCOc1cc([C@H]2c3sc(=O)[nH]c3SC3C4CC(C5C(=O)N(CCCCCC(=O)O)C(=O)C45)C32)ccc1OCC(=O)Nc1ccc2ccccc2c1. The fourth-order valence-electron chi connectivity index (χ4n) is 9.11. The van der Waals surface area contributed by atoms with Crippen molar-refractivity contribution in [1.29, 1.82) is 0 Å². The van der Waals surface area contributed by atoms with Gasteiger partial charge in [-0.25, -0.2) is 0 Å². The number of aromatic nitrogens is 1. The lowest BCUT2D eigenvalue weighted by Gasteiger charge is -2.43. The number of H-pyrrole nitrogens is 1. The number of anilines is 1. The van der Waals surface area contributed by atoms with E-state index in [1.54, 1.807) is 11.8 Å². The topological polar surface area (TPSA) is 155 Å². The highest BCUT2D eigenvalue weighted by Crippen LogP contribution is 2.68. The molecular weight excluding hydrogens is 703 g/mol. The molecule has 13 heteroatoms. The predicted molar refractivity (Wildman–Crippen MR) is 197 cm³/mol. The number of ether oxygens (including phenoxy) is 2. The lowest BCUT2D eigenvalue weighted by atomic mass is 9.68. The highest BCUT2D eigenvalue weighted by molar-refractivity contribution is 8.00. The van der Waals surface area contributed by atoms with Gasteiger partial charge in [-0.05, 0) is 84.5 Å². The average Bonchev–Trinajstić information content (AvgIpc) is 3.86. The zero-order valence-electron chi connectivity index (χ0n) is 28.5. The number of imide groups is 1. The third kappa shape index (κ3) is 6.17. The summed E-state index contributed by atoms with van der Waals surface area (Å²) in [5.74, 6) is -1.42. The molecule has 1 saturated heterocycles. The van der Waals surface area contributed by atoms with Gasteiger partial charge in [0.1, 0.15) is 0 Å². The molecule has 11 nitrogen and oxygen atoms in total. The summed E-state index contributed by atoms with van der Waals surface area (Å²) >= 11 is 2.83. The Kier molecular flexibility index (Phi) is 9.33. The molecule has 0 radical (unpaired) electrons. The van der Waals surface area contributed by atoms with Gasteiger partial charge in [0.05, 0.1) is 23.5 Å². The molecule has 2 aliphatic heterocycles. The van der Waals surface area contributed by atoms with Crippen molar-refractivity contribution in [3.8, 4) is 11.5 Å². The van der Waals surface area contributed by atoms with Gasteiger partial charge in [-0.3, -0.25) is 28.9 Å². The molecule has 0 spiro atoms. The molecule has 3 heterocycles. The number of carbonyl (C=O) groups excluding carboxylic acids is 3. The van der Waals surface area contributed by atoms with Gasteiger partial charge in [-0.1, -0.05) is 54.2 Å². The van der Waals surface area contributed by atoms with Crippen LogP contribution in [0.25, 0.3) is 10.8 Å². The van der Waals surface area contributed by atoms with Crippen molar-refractivity contribution >= 4 is 63.2 Å². The molecule has 8 rings (SSSR count). The Bertz CT molecular complexity index is 2130. The van der Waals surface area contributed by atoms with E-state index in [4.69, 9.17) is 14.6 Å². The summed E-state index contributed by atoms with van der Waals surface area (Å²) in [5.41, 5.74) is 1.60. The molecule has 3 amide bonds. The van der Waals surface area contributed by atoms with Crippen LogP contribution >= 0.6 is 23.1 Å². The number of unbranched alkanes of at least 4 members (excludes halogenated alkanes) is 2. The summed E-state index contributed by atoms with van der Waals surface area (Å²) in [6.45, 7) is 2.34. The number of benzene rings is 3. The van der Waals surface area contributed by atoms with Gasteiger partial charge in [0.2, 0.25) is 11.8 Å². The second kappa shape index (κ2) is 14.1. The Labute approximate surface area is 308 Å². The molecule has 3 fully saturated rings. The number of carboxylic acids is 1. The van der Waals surface area contributed by atoms with E-state index in [1.807, 2.05) is 67.6 Å². The average molecular weight is 742 g/mol. The molecule has 1 aromatic heterocycles. The number of likely N-dealkylation sites (tertiary alicyclic amines) is 1. The molecule has 4 aromatic rings. The van der Waals surface area contributed by atoms with Crippen molar-refractivity contribution in [2.75, 3.05) is 25.1 Å². The number of hydrogen-bond donors (Lipinski definition) is 3. The highest BCUT2D eigenvalue weighted by Gasteiger charge is 2.69. The largest absolute Gasteiger partial charge is 0.490 e. The van der Waals surface area contributed by atoms with E-state index in [-0.39, 0.29) is 70.5 Å². The van der Waals surface area contributed by atoms with Crippen molar-refractivity contribution in [2.45, 2.75) is 55.2 Å². The number of amides is 3. The van der Waals surface area contributed by atoms with Gasteiger partial charge in [0.15, 0.2) is 18.1 Å². The zero-order chi connectivity index (χ0) is 36.1. The first kappa shape index (κ1) is 34.5. The number of nitrogens with one attached hydrogen (secondary N) is 2. The fraction of sp³-hybridized carbons (Fsp3) is 0.410. The quantitative estimate of drug-likeness (QED) is 0.109. The van der Waals surface area contributed by atoms with Crippen molar-refractivity contribution in [2.24, 2.45) is 29.6 Å². The third-order valence-electron chi connectivity index (χ3n) is 11.1. The first-order valence-corrected chi connectivity index (χ1v) is 19.6. The van der Waals surface area contributed by atoms with Crippen LogP contribution in [-0.2, 0) is 19.2 Å². The van der Waals surface area contributed by atoms with E-state index in [0.29, 0.717) is 49.6 Å². The number of aromatic amines is 1. The Morgan fingerprint density at radius 2 is 1.71 bits per heavy atom. The van der Waals surface area contributed by atoms with Crippen LogP contribution < -0.4 is 19.7 Å². The molecule has 3 aromatic carbocycles. The van der Waals surface area contributed by atoms with Crippen LogP contribution in [0.15, 0.2) is 70.5 Å². The van der Waals surface area contributed by atoms with Gasteiger partial charge in [-0.2, -0.15) is 0 Å². The minimum absolute atomic E-state index is 0.00703. The van der Waals surface area contributed by atoms with Gasteiger partial charge in [0, 0.05) is 34.7 Å². The number of aliphatic carboxylic acids is 1.